The van der Waals surface area contributed by atoms with Gasteiger partial charge in [0.05, 0.1) is 25.4 Å². The molecule has 3 aliphatic rings. The highest BCUT2D eigenvalue weighted by atomic mass is 31.2. The number of H-pyrrole nitrogens is 2. The van der Waals surface area contributed by atoms with Gasteiger partial charge in [0, 0.05) is 41.3 Å². The highest BCUT2D eigenvalue weighted by molar-refractivity contribution is 7.48. The average Bonchev–Trinajstić information content (AvgIpc) is 3.46. The van der Waals surface area contributed by atoms with Crippen molar-refractivity contribution in [2.24, 2.45) is 5.11 Å². The molecule has 0 aliphatic carbocycles. The molecule has 3 fully saturated rings. The fourth-order valence-corrected chi connectivity index (χ4v) is 5.96. The summed E-state index contributed by atoms with van der Waals surface area (Å²) in [7, 11) is -4.10. The molecule has 0 bridgehead atoms. The van der Waals surface area contributed by atoms with E-state index >= 15 is 0 Å². The highest BCUT2D eigenvalue weighted by Crippen LogP contribution is 2.57. The van der Waals surface area contributed by atoms with E-state index in [2.05, 4.69) is 20.0 Å². The van der Waals surface area contributed by atoms with Crippen LogP contribution in [0.4, 0.5) is 0 Å². The summed E-state index contributed by atoms with van der Waals surface area (Å²) >= 11 is 0. The van der Waals surface area contributed by atoms with Crippen LogP contribution < -0.4 is 22.5 Å². The quantitative estimate of drug-likeness (QED) is 0.218. The molecular formula is C20H24N7O10P. The summed E-state index contributed by atoms with van der Waals surface area (Å²) in [5, 5.41) is 3.69. The number of aromatic amines is 2. The fraction of sp³-hybridized carbons (Fsp3) is 0.600. The van der Waals surface area contributed by atoms with Gasteiger partial charge in [-0.15, -0.1) is 0 Å². The van der Waals surface area contributed by atoms with Crippen molar-refractivity contribution >= 4 is 7.82 Å². The lowest BCUT2D eigenvalue weighted by molar-refractivity contribution is -0.0798. The van der Waals surface area contributed by atoms with E-state index in [0.717, 1.165) is 0 Å². The normalized spacial score (nSPS) is 32.6. The minimum absolute atomic E-state index is 0.100. The highest BCUT2D eigenvalue weighted by Gasteiger charge is 2.49. The predicted molar refractivity (Wildman–Crippen MR) is 126 cm³/mol. The lowest BCUT2D eigenvalue weighted by atomic mass is 10.1. The number of phosphoric acid groups is 1. The molecule has 204 valence electrons. The van der Waals surface area contributed by atoms with Crippen molar-refractivity contribution in [1.29, 1.82) is 0 Å². The Morgan fingerprint density at radius 1 is 1.03 bits per heavy atom. The molecular weight excluding hydrogens is 529 g/mol. The van der Waals surface area contributed by atoms with Gasteiger partial charge >= 0.3 is 19.2 Å². The molecule has 0 aromatic carbocycles. The average molecular weight is 553 g/mol. The van der Waals surface area contributed by atoms with Crippen molar-refractivity contribution < 1.29 is 27.6 Å². The lowest BCUT2D eigenvalue weighted by Gasteiger charge is -2.30. The number of fused-ring (bicyclic) bond motifs is 1. The van der Waals surface area contributed by atoms with Gasteiger partial charge in [0.2, 0.25) is 0 Å². The van der Waals surface area contributed by atoms with Crippen molar-refractivity contribution in [1.82, 2.24) is 19.1 Å². The summed E-state index contributed by atoms with van der Waals surface area (Å²) in [5.41, 5.74) is 7.18. The number of aromatic nitrogens is 4. The van der Waals surface area contributed by atoms with Crippen LogP contribution in [-0.2, 0) is 27.6 Å². The van der Waals surface area contributed by atoms with E-state index in [-0.39, 0.29) is 31.6 Å². The number of hydrogen-bond donors (Lipinski definition) is 2. The van der Waals surface area contributed by atoms with Crippen LogP contribution in [0.25, 0.3) is 10.4 Å². The van der Waals surface area contributed by atoms with Crippen molar-refractivity contribution in [3.63, 3.8) is 0 Å². The van der Waals surface area contributed by atoms with Crippen LogP contribution in [0, 0.1) is 13.8 Å². The number of azide groups is 1. The smallest absolute Gasteiger partial charge is 0.352 e. The number of phosphoric ester groups is 1. The Bertz CT molecular complexity index is 1570. The third-order valence-electron chi connectivity index (χ3n) is 6.56. The van der Waals surface area contributed by atoms with Crippen LogP contribution in [0.1, 0.15) is 36.4 Å². The summed E-state index contributed by atoms with van der Waals surface area (Å²) in [6.07, 6.45) is -0.967. The SMILES string of the molecule is Cc1cn([C@H]2C[C@H](N=[N+]=[N-])[C@@H](COP3(=O)OC[C@H]4O[C@@H](n5cc(C)c(=O)[nH]c5=O)C[C@@H]4O3)O2)c(=O)[nH]c1=O. The topological polar surface area (TPSA) is 222 Å². The Balaban J connectivity index is 1.26. The fourth-order valence-electron chi connectivity index (χ4n) is 4.55. The van der Waals surface area contributed by atoms with Gasteiger partial charge in [-0.2, -0.15) is 0 Å². The van der Waals surface area contributed by atoms with E-state index in [1.807, 2.05) is 0 Å². The largest absolute Gasteiger partial charge is 0.475 e. The molecule has 5 heterocycles. The molecule has 3 aliphatic heterocycles. The third-order valence-corrected chi connectivity index (χ3v) is 8.01. The monoisotopic (exact) mass is 553 g/mol. The zero-order chi connectivity index (χ0) is 27.2. The van der Waals surface area contributed by atoms with Crippen LogP contribution in [0.2, 0.25) is 0 Å². The van der Waals surface area contributed by atoms with Gasteiger partial charge in [-0.1, -0.05) is 5.11 Å². The molecule has 38 heavy (non-hydrogen) atoms. The number of nitrogens with zero attached hydrogens (tertiary/aromatic N) is 5. The van der Waals surface area contributed by atoms with Crippen molar-refractivity contribution in [2.75, 3.05) is 13.2 Å². The first-order chi connectivity index (χ1) is 18.1. The number of hydrogen-bond acceptors (Lipinski definition) is 11. The van der Waals surface area contributed by atoms with E-state index in [1.54, 1.807) is 6.92 Å². The summed E-state index contributed by atoms with van der Waals surface area (Å²) in [6, 6.07) is -0.775. The number of aryl methyl sites for hydroxylation is 2. The zero-order valence-corrected chi connectivity index (χ0v) is 21.1. The summed E-state index contributed by atoms with van der Waals surface area (Å²) in [6.45, 7) is 2.58. The minimum atomic E-state index is -4.10. The van der Waals surface area contributed by atoms with Gasteiger partial charge in [0.15, 0.2) is 0 Å². The molecule has 0 amide bonds. The zero-order valence-electron chi connectivity index (χ0n) is 20.2. The van der Waals surface area contributed by atoms with Gasteiger partial charge < -0.3 is 9.47 Å². The van der Waals surface area contributed by atoms with E-state index in [0.29, 0.717) is 5.56 Å². The summed E-state index contributed by atoms with van der Waals surface area (Å²) < 4.78 is 43.7. The first-order valence-corrected chi connectivity index (χ1v) is 13.1. The van der Waals surface area contributed by atoms with Gasteiger partial charge in [-0.3, -0.25) is 42.3 Å². The molecule has 0 spiro atoms. The Labute approximate surface area is 212 Å². The standard InChI is InChI=1S/C20H24N7O10P/c1-9-5-26(19(30)22-17(9)28)15-3-11(24-25-21)13(35-15)7-33-38(32)34-8-14-12(37-38)4-16(36-14)27-6-10(2)18(29)23-20(27)31/h5-6,11-16H,3-4,7-8H2,1-2H3,(H,22,28,30)(H,23,29,31)/t11-,12-,13+,14+,15+,16+,38?/m0/s1. The lowest BCUT2D eigenvalue weighted by Crippen LogP contribution is -2.35. The second kappa shape index (κ2) is 10.1. The maximum atomic E-state index is 13.2. The van der Waals surface area contributed by atoms with E-state index in [1.165, 1.54) is 28.5 Å². The van der Waals surface area contributed by atoms with Gasteiger partial charge in [-0.05, 0) is 19.4 Å². The van der Waals surface area contributed by atoms with E-state index in [4.69, 9.17) is 28.6 Å². The Morgan fingerprint density at radius 2 is 1.63 bits per heavy atom. The van der Waals surface area contributed by atoms with Crippen molar-refractivity contribution in [2.45, 2.75) is 63.5 Å². The van der Waals surface area contributed by atoms with E-state index < -0.39 is 67.1 Å². The van der Waals surface area contributed by atoms with Crippen molar-refractivity contribution in [3.05, 3.63) is 75.6 Å². The predicted octanol–water partition coefficient (Wildman–Crippen LogP) is 0.498. The number of rotatable bonds is 6. The molecule has 1 unspecified atom stereocenters. The maximum absolute atomic E-state index is 13.2. The van der Waals surface area contributed by atoms with Crippen LogP contribution in [-0.4, -0.2) is 56.7 Å². The molecule has 7 atom stereocenters. The first-order valence-electron chi connectivity index (χ1n) is 11.6. The first kappa shape index (κ1) is 26.3. The minimum Gasteiger partial charge on any atom is -0.352 e. The second-order valence-corrected chi connectivity index (χ2v) is 10.8. The Morgan fingerprint density at radius 3 is 2.24 bits per heavy atom. The summed E-state index contributed by atoms with van der Waals surface area (Å²) in [5.74, 6) is 0. The van der Waals surface area contributed by atoms with Gasteiger partial charge in [0.1, 0.15) is 24.7 Å². The van der Waals surface area contributed by atoms with Crippen LogP contribution in [0.15, 0.2) is 36.7 Å². The van der Waals surface area contributed by atoms with Crippen LogP contribution >= 0.6 is 7.82 Å². The molecule has 18 heteroatoms. The third kappa shape index (κ3) is 5.05. The van der Waals surface area contributed by atoms with Crippen LogP contribution in [0.5, 0.6) is 0 Å². The van der Waals surface area contributed by atoms with Crippen molar-refractivity contribution in [3.8, 4) is 0 Å². The number of nitrogens with one attached hydrogen (secondary N) is 2. The molecule has 3 saturated heterocycles. The molecule has 5 rings (SSSR count). The molecule has 2 N–H and O–H groups in total. The van der Waals surface area contributed by atoms with Gasteiger partial charge in [0.25, 0.3) is 11.1 Å². The molecule has 0 radical (unpaired) electrons. The second-order valence-electron chi connectivity index (χ2n) is 9.14. The summed E-state index contributed by atoms with van der Waals surface area (Å²) in [4.78, 5) is 55.0. The molecule has 2 aromatic rings. The molecule has 0 saturated carbocycles. The molecule has 2 aromatic heterocycles. The van der Waals surface area contributed by atoms with Gasteiger partial charge in [-0.25, -0.2) is 14.2 Å². The van der Waals surface area contributed by atoms with E-state index in [9.17, 15) is 23.7 Å². The molecule has 17 nitrogen and oxygen atoms in total. The van der Waals surface area contributed by atoms with Crippen LogP contribution in [0.3, 0.4) is 0 Å². The Hall–Kier alpha value is -3.30. The number of ether oxygens (including phenoxy) is 2. The maximum Gasteiger partial charge on any atom is 0.475 e. The Kier molecular flexibility index (Phi) is 7.00.